The van der Waals surface area contributed by atoms with Gasteiger partial charge in [0.25, 0.3) is 0 Å². The number of nitrogens with one attached hydrogen (secondary N) is 1. The molecule has 1 saturated heterocycles. The van der Waals surface area contributed by atoms with Crippen LogP contribution in [-0.2, 0) is 4.74 Å². The van der Waals surface area contributed by atoms with E-state index in [-0.39, 0.29) is 11.8 Å². The van der Waals surface area contributed by atoms with E-state index in [1.165, 1.54) is 7.11 Å². The van der Waals surface area contributed by atoms with E-state index in [9.17, 15) is 4.79 Å². The topological polar surface area (TPSA) is 51.5 Å². The van der Waals surface area contributed by atoms with Gasteiger partial charge in [-0.05, 0) is 31.5 Å². The minimum absolute atomic E-state index is 0.258. The van der Waals surface area contributed by atoms with Gasteiger partial charge < -0.3 is 14.5 Å². The molecule has 14 heavy (non-hydrogen) atoms. The first-order valence-corrected chi connectivity index (χ1v) is 4.72. The van der Waals surface area contributed by atoms with Crippen LogP contribution >= 0.6 is 0 Å². The molecule has 0 bridgehead atoms. The van der Waals surface area contributed by atoms with Gasteiger partial charge in [-0.3, -0.25) is 0 Å². The Bertz CT molecular complexity index is 326. The molecule has 0 radical (unpaired) electrons. The highest BCUT2D eigenvalue weighted by molar-refractivity contribution is 5.86. The number of hydrogen-bond acceptors (Lipinski definition) is 4. The zero-order chi connectivity index (χ0) is 9.97. The second kappa shape index (κ2) is 3.84. The molecule has 0 saturated carbocycles. The standard InChI is InChI=1S/C10H13NO3/c1-13-10(12)9-5-4-8(14-9)7-3-2-6-11-7/h4-5,7,11H,2-3,6H2,1H3/t7-/m0/s1. The third kappa shape index (κ3) is 1.65. The molecule has 1 aliphatic rings. The molecule has 0 amide bonds. The largest absolute Gasteiger partial charge is 0.463 e. The van der Waals surface area contributed by atoms with Gasteiger partial charge in [-0.1, -0.05) is 0 Å². The van der Waals surface area contributed by atoms with Crippen LogP contribution in [0.2, 0.25) is 0 Å². The summed E-state index contributed by atoms with van der Waals surface area (Å²) >= 11 is 0. The summed E-state index contributed by atoms with van der Waals surface area (Å²) in [6.07, 6.45) is 2.22. The minimum Gasteiger partial charge on any atom is -0.463 e. The van der Waals surface area contributed by atoms with Crippen molar-refractivity contribution in [3.63, 3.8) is 0 Å². The first-order chi connectivity index (χ1) is 6.81. The number of hydrogen-bond donors (Lipinski definition) is 1. The van der Waals surface area contributed by atoms with E-state index in [4.69, 9.17) is 4.42 Å². The van der Waals surface area contributed by atoms with Gasteiger partial charge in [-0.15, -0.1) is 0 Å². The number of carbonyl (C=O) groups is 1. The van der Waals surface area contributed by atoms with E-state index in [0.717, 1.165) is 25.1 Å². The molecule has 76 valence electrons. The average Bonchev–Trinajstić information content (AvgIpc) is 2.86. The maximum atomic E-state index is 11.1. The molecule has 1 N–H and O–H groups in total. The summed E-state index contributed by atoms with van der Waals surface area (Å²) in [4.78, 5) is 11.1. The Hall–Kier alpha value is -1.29. The zero-order valence-corrected chi connectivity index (χ0v) is 8.08. The summed E-state index contributed by atoms with van der Waals surface area (Å²) in [6.45, 7) is 1.01. The fourth-order valence-corrected chi connectivity index (χ4v) is 1.68. The third-order valence-electron chi connectivity index (χ3n) is 2.42. The van der Waals surface area contributed by atoms with Crippen LogP contribution in [0.1, 0.15) is 35.2 Å². The molecule has 0 aliphatic carbocycles. The van der Waals surface area contributed by atoms with E-state index < -0.39 is 5.97 Å². The fourth-order valence-electron chi connectivity index (χ4n) is 1.68. The smallest absolute Gasteiger partial charge is 0.373 e. The van der Waals surface area contributed by atoms with E-state index >= 15 is 0 Å². The van der Waals surface area contributed by atoms with Crippen molar-refractivity contribution < 1.29 is 13.9 Å². The minimum atomic E-state index is -0.422. The van der Waals surface area contributed by atoms with Gasteiger partial charge in [0.15, 0.2) is 0 Å². The van der Waals surface area contributed by atoms with Crippen molar-refractivity contribution in [2.45, 2.75) is 18.9 Å². The Labute approximate surface area is 82.2 Å². The van der Waals surface area contributed by atoms with Gasteiger partial charge in [0, 0.05) is 0 Å². The number of esters is 1. The third-order valence-corrected chi connectivity index (χ3v) is 2.42. The summed E-state index contributed by atoms with van der Waals surface area (Å²) < 4.78 is 9.94. The SMILES string of the molecule is COC(=O)c1ccc([C@@H]2CCCN2)o1. The van der Waals surface area contributed by atoms with Crippen molar-refractivity contribution in [3.8, 4) is 0 Å². The van der Waals surface area contributed by atoms with Crippen molar-refractivity contribution in [1.29, 1.82) is 0 Å². The Morgan fingerprint density at radius 1 is 1.64 bits per heavy atom. The molecule has 1 aromatic heterocycles. The normalized spacial score (nSPS) is 21.1. The molecule has 0 aromatic carbocycles. The molecule has 4 heteroatoms. The quantitative estimate of drug-likeness (QED) is 0.726. The van der Waals surface area contributed by atoms with Gasteiger partial charge >= 0.3 is 5.97 Å². The monoisotopic (exact) mass is 195 g/mol. The van der Waals surface area contributed by atoms with Crippen molar-refractivity contribution in [3.05, 3.63) is 23.7 Å². The Balaban J connectivity index is 2.12. The van der Waals surface area contributed by atoms with Crippen LogP contribution in [0.15, 0.2) is 16.5 Å². The van der Waals surface area contributed by atoms with Gasteiger partial charge in [-0.25, -0.2) is 4.79 Å². The lowest BCUT2D eigenvalue weighted by Gasteiger charge is -2.04. The van der Waals surface area contributed by atoms with Crippen molar-refractivity contribution >= 4 is 5.97 Å². The van der Waals surface area contributed by atoms with Crippen LogP contribution in [0.4, 0.5) is 0 Å². The van der Waals surface area contributed by atoms with Crippen LogP contribution in [0.3, 0.4) is 0 Å². The van der Waals surface area contributed by atoms with Crippen LogP contribution < -0.4 is 5.32 Å². The Morgan fingerprint density at radius 3 is 3.14 bits per heavy atom. The van der Waals surface area contributed by atoms with Gasteiger partial charge in [0.2, 0.25) is 5.76 Å². The predicted molar refractivity (Wildman–Crippen MR) is 50.0 cm³/mol. The maximum Gasteiger partial charge on any atom is 0.373 e. The summed E-state index contributed by atoms with van der Waals surface area (Å²) in [5.41, 5.74) is 0. The molecule has 1 aromatic rings. The number of carbonyl (C=O) groups excluding carboxylic acids is 1. The first-order valence-electron chi connectivity index (χ1n) is 4.72. The highest BCUT2D eigenvalue weighted by Crippen LogP contribution is 2.24. The predicted octanol–water partition coefficient (Wildman–Crippen LogP) is 1.49. The number of methoxy groups -OCH3 is 1. The van der Waals surface area contributed by atoms with Gasteiger partial charge in [0.05, 0.1) is 13.2 Å². The Kier molecular flexibility index (Phi) is 2.54. The molecule has 1 aliphatic heterocycles. The van der Waals surface area contributed by atoms with E-state index in [1.54, 1.807) is 6.07 Å². The van der Waals surface area contributed by atoms with E-state index in [1.807, 2.05) is 6.07 Å². The molecule has 2 heterocycles. The lowest BCUT2D eigenvalue weighted by Crippen LogP contribution is -2.11. The molecule has 0 spiro atoms. The molecular formula is C10H13NO3. The second-order valence-corrected chi connectivity index (χ2v) is 3.34. The van der Waals surface area contributed by atoms with Crippen LogP contribution in [0.5, 0.6) is 0 Å². The fraction of sp³-hybridized carbons (Fsp3) is 0.500. The summed E-state index contributed by atoms with van der Waals surface area (Å²) in [7, 11) is 1.35. The highest BCUT2D eigenvalue weighted by atomic mass is 16.5. The van der Waals surface area contributed by atoms with Crippen molar-refractivity contribution in [2.75, 3.05) is 13.7 Å². The van der Waals surface area contributed by atoms with Gasteiger partial charge in [0.1, 0.15) is 5.76 Å². The molecule has 2 rings (SSSR count). The van der Waals surface area contributed by atoms with Crippen LogP contribution in [0, 0.1) is 0 Å². The molecule has 4 nitrogen and oxygen atoms in total. The lowest BCUT2D eigenvalue weighted by molar-refractivity contribution is 0.0562. The molecule has 1 fully saturated rings. The number of rotatable bonds is 2. The molecule has 0 unspecified atom stereocenters. The Morgan fingerprint density at radius 2 is 2.50 bits per heavy atom. The number of furan rings is 1. The van der Waals surface area contributed by atoms with E-state index in [0.29, 0.717) is 0 Å². The van der Waals surface area contributed by atoms with E-state index in [2.05, 4.69) is 10.1 Å². The molecular weight excluding hydrogens is 182 g/mol. The number of ether oxygens (including phenoxy) is 1. The lowest BCUT2D eigenvalue weighted by atomic mass is 10.2. The zero-order valence-electron chi connectivity index (χ0n) is 8.08. The first kappa shape index (κ1) is 9.27. The van der Waals surface area contributed by atoms with Crippen molar-refractivity contribution in [1.82, 2.24) is 5.32 Å². The maximum absolute atomic E-state index is 11.1. The molecule has 1 atom stereocenters. The summed E-state index contributed by atoms with van der Waals surface area (Å²) in [5, 5.41) is 3.30. The highest BCUT2D eigenvalue weighted by Gasteiger charge is 2.21. The summed E-state index contributed by atoms with van der Waals surface area (Å²) in [5.74, 6) is 0.674. The average molecular weight is 195 g/mol. The van der Waals surface area contributed by atoms with Crippen molar-refractivity contribution in [2.24, 2.45) is 0 Å². The van der Waals surface area contributed by atoms with Crippen LogP contribution in [0.25, 0.3) is 0 Å². The van der Waals surface area contributed by atoms with Gasteiger partial charge in [-0.2, -0.15) is 0 Å². The summed E-state index contributed by atoms with van der Waals surface area (Å²) in [6, 6.07) is 3.74. The second-order valence-electron chi connectivity index (χ2n) is 3.34. The van der Waals surface area contributed by atoms with Crippen LogP contribution in [-0.4, -0.2) is 19.6 Å².